The molecule has 0 fully saturated rings. The van der Waals surface area contributed by atoms with Gasteiger partial charge in [0.2, 0.25) is 5.91 Å². The highest BCUT2D eigenvalue weighted by Crippen LogP contribution is 2.18. The predicted octanol–water partition coefficient (Wildman–Crippen LogP) is 20.4. The number of carbonyl (C=O) groups excluding carboxylic acids is 2. The molecule has 2 atom stereocenters. The minimum Gasteiger partial charge on any atom is -0.466 e. The van der Waals surface area contributed by atoms with E-state index in [4.69, 9.17) is 4.74 Å². The van der Waals surface area contributed by atoms with Crippen LogP contribution < -0.4 is 5.32 Å². The fourth-order valence-corrected chi connectivity index (χ4v) is 9.96. The first kappa shape index (κ1) is 70.1. The van der Waals surface area contributed by atoms with Gasteiger partial charge in [-0.05, 0) is 64.2 Å². The molecule has 0 saturated heterocycles. The van der Waals surface area contributed by atoms with E-state index in [0.29, 0.717) is 19.4 Å². The highest BCUT2D eigenvalue weighted by Gasteiger charge is 2.18. The number of ether oxygens (including phenoxy) is 1. The molecule has 6 heteroatoms. The van der Waals surface area contributed by atoms with Crippen molar-refractivity contribution in [3.05, 3.63) is 36.5 Å². The lowest BCUT2D eigenvalue weighted by Gasteiger charge is -2.20. The topological polar surface area (TPSA) is 95.9 Å². The summed E-state index contributed by atoms with van der Waals surface area (Å²) in [5.74, 6) is -0.0708. The van der Waals surface area contributed by atoms with E-state index in [2.05, 4.69) is 43.5 Å². The summed E-state index contributed by atoms with van der Waals surface area (Å²) < 4.78 is 5.48. The number of aliphatic hydroxyl groups excluding tert-OH is 2. The Labute approximate surface area is 449 Å². The molecule has 0 aliphatic heterocycles. The Morgan fingerprint density at radius 3 is 1.07 bits per heavy atom. The second-order valence-corrected chi connectivity index (χ2v) is 22.1. The number of hydrogen-bond donors (Lipinski definition) is 3. The van der Waals surface area contributed by atoms with Gasteiger partial charge < -0.3 is 20.3 Å². The first-order chi connectivity index (χ1) is 35.5. The standard InChI is InChI=1S/C66H125NO5/c1-3-5-7-9-11-13-15-17-19-21-24-27-30-34-38-42-46-50-54-58-64(69)63(62-68)67-65(70)59-55-51-47-43-39-35-31-28-25-22-23-26-29-33-37-41-45-49-53-57-61-72-66(71)60-56-52-48-44-40-36-32-20-18-16-14-12-10-8-6-4-2/h14,16,20,32,54,58,63-64,68-69H,3-13,15,17-19,21-31,33-53,55-57,59-62H2,1-2H3,(H,67,70)/b16-14-,32-20-,58-54+. The molecule has 0 saturated carbocycles. The zero-order chi connectivity index (χ0) is 52.2. The molecule has 0 aromatic heterocycles. The molecular formula is C66H125NO5. The number of allylic oxidation sites excluding steroid dienone is 5. The lowest BCUT2D eigenvalue weighted by molar-refractivity contribution is -0.143. The Morgan fingerprint density at radius 2 is 0.694 bits per heavy atom. The molecule has 0 rings (SSSR count). The van der Waals surface area contributed by atoms with Gasteiger partial charge in [-0.1, -0.05) is 307 Å². The molecular weight excluding hydrogens is 887 g/mol. The molecule has 0 aliphatic carbocycles. The van der Waals surface area contributed by atoms with Gasteiger partial charge in [-0.2, -0.15) is 0 Å². The molecule has 0 aromatic carbocycles. The summed E-state index contributed by atoms with van der Waals surface area (Å²) in [5.41, 5.74) is 0. The van der Waals surface area contributed by atoms with Gasteiger partial charge in [0, 0.05) is 12.8 Å². The average molecular weight is 1010 g/mol. The number of rotatable bonds is 60. The van der Waals surface area contributed by atoms with Crippen molar-refractivity contribution < 1.29 is 24.5 Å². The highest BCUT2D eigenvalue weighted by molar-refractivity contribution is 5.76. The van der Waals surface area contributed by atoms with Gasteiger partial charge in [0.05, 0.1) is 25.4 Å². The van der Waals surface area contributed by atoms with E-state index in [1.165, 1.54) is 270 Å². The summed E-state index contributed by atoms with van der Waals surface area (Å²) >= 11 is 0. The Kier molecular flexibility index (Phi) is 60.0. The van der Waals surface area contributed by atoms with E-state index in [9.17, 15) is 19.8 Å². The van der Waals surface area contributed by atoms with Crippen LogP contribution in [0.15, 0.2) is 36.5 Å². The van der Waals surface area contributed by atoms with Crippen molar-refractivity contribution in [1.29, 1.82) is 0 Å². The van der Waals surface area contributed by atoms with Gasteiger partial charge in [-0.3, -0.25) is 9.59 Å². The molecule has 72 heavy (non-hydrogen) atoms. The molecule has 0 heterocycles. The van der Waals surface area contributed by atoms with Gasteiger partial charge in [0.1, 0.15) is 0 Å². The SMILES string of the molecule is CCCCCC/C=C\C/C=C\CCCCCCCC(=O)OCCCCCCCCCCCCCCCCCCCCCCC(=O)NC(CO)C(O)/C=C/CCCCCCCCCCCCCCCCCCC. The third-order valence-corrected chi connectivity index (χ3v) is 14.9. The van der Waals surface area contributed by atoms with E-state index in [1.54, 1.807) is 6.08 Å². The number of esters is 1. The van der Waals surface area contributed by atoms with E-state index in [-0.39, 0.29) is 18.5 Å². The second kappa shape index (κ2) is 61.6. The zero-order valence-electron chi connectivity index (χ0n) is 48.4. The molecule has 0 bridgehead atoms. The number of nitrogens with one attached hydrogen (secondary N) is 1. The lowest BCUT2D eigenvalue weighted by atomic mass is 10.0. The van der Waals surface area contributed by atoms with E-state index < -0.39 is 12.1 Å². The van der Waals surface area contributed by atoms with Crippen molar-refractivity contribution in [2.24, 2.45) is 0 Å². The Hall–Kier alpha value is -1.92. The average Bonchev–Trinajstić information content (AvgIpc) is 3.38. The largest absolute Gasteiger partial charge is 0.466 e. The number of hydrogen-bond acceptors (Lipinski definition) is 5. The number of amides is 1. The maximum atomic E-state index is 12.5. The van der Waals surface area contributed by atoms with Crippen LogP contribution in [0.5, 0.6) is 0 Å². The summed E-state index contributed by atoms with van der Waals surface area (Å²) in [6, 6.07) is -0.630. The molecule has 0 spiro atoms. The second-order valence-electron chi connectivity index (χ2n) is 22.1. The molecule has 0 radical (unpaired) electrons. The minimum atomic E-state index is -0.847. The van der Waals surface area contributed by atoms with Crippen LogP contribution in [-0.2, 0) is 14.3 Å². The lowest BCUT2D eigenvalue weighted by Crippen LogP contribution is -2.45. The van der Waals surface area contributed by atoms with Gasteiger partial charge in [0.15, 0.2) is 0 Å². The normalized spacial score (nSPS) is 12.8. The first-order valence-corrected chi connectivity index (χ1v) is 32.3. The summed E-state index contributed by atoms with van der Waals surface area (Å²) in [6.45, 7) is 4.90. The predicted molar refractivity (Wildman–Crippen MR) is 315 cm³/mol. The van der Waals surface area contributed by atoms with Gasteiger partial charge in [-0.25, -0.2) is 0 Å². The molecule has 0 aromatic rings. The smallest absolute Gasteiger partial charge is 0.305 e. The fourth-order valence-electron chi connectivity index (χ4n) is 9.96. The van der Waals surface area contributed by atoms with Gasteiger partial charge in [0.25, 0.3) is 0 Å². The van der Waals surface area contributed by atoms with Crippen LogP contribution >= 0.6 is 0 Å². The van der Waals surface area contributed by atoms with Crippen LogP contribution in [0.25, 0.3) is 0 Å². The van der Waals surface area contributed by atoms with Crippen molar-refractivity contribution in [2.75, 3.05) is 13.2 Å². The monoisotopic (exact) mass is 1010 g/mol. The Bertz CT molecular complexity index is 1170. The summed E-state index contributed by atoms with van der Waals surface area (Å²) in [4.78, 5) is 24.6. The third-order valence-electron chi connectivity index (χ3n) is 14.9. The van der Waals surface area contributed by atoms with Crippen molar-refractivity contribution in [1.82, 2.24) is 5.32 Å². The maximum absolute atomic E-state index is 12.5. The maximum Gasteiger partial charge on any atom is 0.305 e. The molecule has 1 amide bonds. The van der Waals surface area contributed by atoms with Crippen molar-refractivity contribution in [3.8, 4) is 0 Å². The highest BCUT2D eigenvalue weighted by atomic mass is 16.5. The first-order valence-electron chi connectivity index (χ1n) is 32.3. The molecule has 3 N–H and O–H groups in total. The quantitative estimate of drug-likeness (QED) is 0.0320. The van der Waals surface area contributed by atoms with Crippen molar-refractivity contribution in [3.63, 3.8) is 0 Å². The van der Waals surface area contributed by atoms with Crippen LogP contribution in [0.1, 0.15) is 348 Å². The number of aliphatic hydroxyl groups is 2. The van der Waals surface area contributed by atoms with Crippen molar-refractivity contribution >= 4 is 11.9 Å². The zero-order valence-corrected chi connectivity index (χ0v) is 48.4. The fraction of sp³-hybridized carbons (Fsp3) is 0.879. The Balaban J connectivity index is 3.43. The summed E-state index contributed by atoms with van der Waals surface area (Å²) in [7, 11) is 0. The van der Waals surface area contributed by atoms with E-state index in [1.807, 2.05) is 6.08 Å². The van der Waals surface area contributed by atoms with Gasteiger partial charge in [-0.15, -0.1) is 0 Å². The third kappa shape index (κ3) is 57.4. The van der Waals surface area contributed by atoms with E-state index in [0.717, 1.165) is 51.4 Å². The van der Waals surface area contributed by atoms with Crippen LogP contribution in [0, 0.1) is 0 Å². The number of unbranched alkanes of at least 4 members (excludes halogenated alkanes) is 45. The molecule has 6 nitrogen and oxygen atoms in total. The van der Waals surface area contributed by atoms with E-state index >= 15 is 0 Å². The minimum absolute atomic E-state index is 0.00323. The summed E-state index contributed by atoms with van der Waals surface area (Å²) in [6.07, 6.45) is 77.6. The van der Waals surface area contributed by atoms with Crippen LogP contribution in [-0.4, -0.2) is 47.4 Å². The number of carbonyl (C=O) groups is 2. The molecule has 424 valence electrons. The Morgan fingerprint density at radius 1 is 0.389 bits per heavy atom. The summed E-state index contributed by atoms with van der Waals surface area (Å²) in [5, 5.41) is 23.2. The molecule has 0 aliphatic rings. The van der Waals surface area contributed by atoms with Crippen LogP contribution in [0.4, 0.5) is 0 Å². The molecule has 2 unspecified atom stereocenters. The van der Waals surface area contributed by atoms with Crippen molar-refractivity contribution in [2.45, 2.75) is 360 Å². The van der Waals surface area contributed by atoms with Gasteiger partial charge >= 0.3 is 5.97 Å². The van der Waals surface area contributed by atoms with Crippen LogP contribution in [0.2, 0.25) is 0 Å². The van der Waals surface area contributed by atoms with Crippen LogP contribution in [0.3, 0.4) is 0 Å².